The fourth-order valence-corrected chi connectivity index (χ4v) is 3.92. The molecule has 2 aliphatic rings. The second-order valence-corrected chi connectivity index (χ2v) is 7.57. The van der Waals surface area contributed by atoms with Crippen molar-refractivity contribution in [2.24, 2.45) is 0 Å². The van der Waals surface area contributed by atoms with Gasteiger partial charge in [-0.3, -0.25) is 4.90 Å². The van der Waals surface area contributed by atoms with E-state index < -0.39 is 0 Å². The van der Waals surface area contributed by atoms with E-state index in [1.54, 1.807) is 6.20 Å². The van der Waals surface area contributed by atoms with E-state index in [0.717, 1.165) is 62.8 Å². The number of piperidine rings is 1. The minimum absolute atomic E-state index is 0.436. The first-order chi connectivity index (χ1) is 12.8. The Morgan fingerprint density at radius 2 is 2.00 bits per heavy atom. The summed E-state index contributed by atoms with van der Waals surface area (Å²) in [6.07, 6.45) is 4.05. The van der Waals surface area contributed by atoms with Gasteiger partial charge in [-0.05, 0) is 37.6 Å². The predicted molar refractivity (Wildman–Crippen MR) is 105 cm³/mol. The van der Waals surface area contributed by atoms with Gasteiger partial charge in [-0.25, -0.2) is 9.97 Å². The van der Waals surface area contributed by atoms with Gasteiger partial charge in [-0.15, -0.1) is 0 Å². The van der Waals surface area contributed by atoms with Crippen LogP contribution in [-0.4, -0.2) is 78.3 Å². The monoisotopic (exact) mass is 375 g/mol. The molecule has 0 aliphatic carbocycles. The molecule has 0 aromatic carbocycles. The van der Waals surface area contributed by atoms with Crippen molar-refractivity contribution in [2.75, 3.05) is 57.8 Å². The van der Waals surface area contributed by atoms with Crippen LogP contribution in [0.5, 0.6) is 0 Å². The third kappa shape index (κ3) is 4.62. The van der Waals surface area contributed by atoms with Crippen LogP contribution in [0.1, 0.15) is 12.8 Å². The number of fused-ring (bicyclic) bond motifs is 1. The van der Waals surface area contributed by atoms with Gasteiger partial charge in [0.1, 0.15) is 5.82 Å². The van der Waals surface area contributed by atoms with Crippen molar-refractivity contribution < 1.29 is 4.74 Å². The molecule has 26 heavy (non-hydrogen) atoms. The van der Waals surface area contributed by atoms with Crippen LogP contribution in [-0.2, 0) is 4.74 Å². The Kier molecular flexibility index (Phi) is 5.84. The lowest BCUT2D eigenvalue weighted by molar-refractivity contribution is 0.0321. The predicted octanol–water partition coefficient (Wildman–Crippen LogP) is 2.49. The summed E-state index contributed by atoms with van der Waals surface area (Å²) in [5.74, 6) is 0.896. The lowest BCUT2D eigenvalue weighted by Crippen LogP contribution is -2.46. The van der Waals surface area contributed by atoms with E-state index in [1.165, 1.54) is 19.4 Å². The van der Waals surface area contributed by atoms with Gasteiger partial charge in [0, 0.05) is 50.3 Å². The molecule has 2 aromatic rings. The van der Waals surface area contributed by atoms with Crippen LogP contribution in [0, 0.1) is 0 Å². The van der Waals surface area contributed by atoms with Gasteiger partial charge in [0.2, 0.25) is 0 Å². The molecule has 4 heterocycles. The van der Waals surface area contributed by atoms with Crippen LogP contribution >= 0.6 is 11.6 Å². The number of anilines is 1. The van der Waals surface area contributed by atoms with Gasteiger partial charge in [0.15, 0.2) is 5.65 Å². The van der Waals surface area contributed by atoms with E-state index in [1.807, 2.05) is 18.2 Å². The van der Waals surface area contributed by atoms with Gasteiger partial charge in [-0.2, -0.15) is 0 Å². The Labute approximate surface area is 159 Å². The lowest BCUT2D eigenvalue weighted by atomic mass is 10.1. The Morgan fingerprint density at radius 1 is 1.15 bits per heavy atom. The average molecular weight is 376 g/mol. The first-order valence-electron chi connectivity index (χ1n) is 9.47. The van der Waals surface area contributed by atoms with Crippen LogP contribution in [0.4, 0.5) is 5.82 Å². The SMILES string of the molecule is Clc1cnc2nc(N[C@H]3CCCN(CCN4CCOCC4)C3)ccc2c1. The Balaban J connectivity index is 1.32. The zero-order valence-corrected chi connectivity index (χ0v) is 15.8. The zero-order valence-electron chi connectivity index (χ0n) is 15.0. The molecule has 1 N–H and O–H groups in total. The van der Waals surface area contributed by atoms with E-state index in [-0.39, 0.29) is 0 Å². The standard InChI is InChI=1S/C19H26ClN5O/c20-16-12-15-3-4-18(23-19(15)21-13-16)22-17-2-1-5-25(14-17)7-6-24-8-10-26-11-9-24/h3-4,12-13,17H,1-2,5-11,14H2,(H,21,22,23)/t17-/m0/s1. The van der Waals surface area contributed by atoms with Gasteiger partial charge < -0.3 is 15.0 Å². The summed E-state index contributed by atoms with van der Waals surface area (Å²) in [7, 11) is 0. The summed E-state index contributed by atoms with van der Waals surface area (Å²) in [6.45, 7) is 8.39. The van der Waals surface area contributed by atoms with Crippen LogP contribution in [0.25, 0.3) is 11.0 Å². The molecular weight excluding hydrogens is 350 g/mol. The number of ether oxygens (including phenoxy) is 1. The van der Waals surface area contributed by atoms with Crippen molar-refractivity contribution in [3.05, 3.63) is 29.4 Å². The highest BCUT2D eigenvalue weighted by atomic mass is 35.5. The Hall–Kier alpha value is -1.47. The number of aromatic nitrogens is 2. The second kappa shape index (κ2) is 8.48. The van der Waals surface area contributed by atoms with Crippen molar-refractivity contribution >= 4 is 28.5 Å². The molecule has 0 unspecified atom stereocenters. The van der Waals surface area contributed by atoms with E-state index in [2.05, 4.69) is 25.1 Å². The molecule has 2 fully saturated rings. The van der Waals surface area contributed by atoms with Crippen molar-refractivity contribution in [1.82, 2.24) is 19.8 Å². The lowest BCUT2D eigenvalue weighted by Gasteiger charge is -2.35. The molecule has 6 nitrogen and oxygen atoms in total. The molecule has 0 spiro atoms. The Morgan fingerprint density at radius 3 is 2.88 bits per heavy atom. The van der Waals surface area contributed by atoms with Gasteiger partial charge >= 0.3 is 0 Å². The Bertz CT molecular complexity index is 737. The minimum Gasteiger partial charge on any atom is -0.379 e. The highest BCUT2D eigenvalue weighted by Crippen LogP contribution is 2.19. The fraction of sp³-hybridized carbons (Fsp3) is 0.579. The summed E-state index contributed by atoms with van der Waals surface area (Å²) in [6, 6.07) is 6.38. The molecule has 2 saturated heterocycles. The van der Waals surface area contributed by atoms with Crippen molar-refractivity contribution in [2.45, 2.75) is 18.9 Å². The average Bonchev–Trinajstić information content (AvgIpc) is 2.68. The first kappa shape index (κ1) is 17.9. The summed E-state index contributed by atoms with van der Waals surface area (Å²) < 4.78 is 5.43. The molecule has 7 heteroatoms. The number of morpholine rings is 1. The third-order valence-electron chi connectivity index (χ3n) is 5.20. The van der Waals surface area contributed by atoms with Crippen molar-refractivity contribution in [1.29, 1.82) is 0 Å². The minimum atomic E-state index is 0.436. The van der Waals surface area contributed by atoms with E-state index >= 15 is 0 Å². The highest BCUT2D eigenvalue weighted by molar-refractivity contribution is 6.31. The number of hydrogen-bond donors (Lipinski definition) is 1. The topological polar surface area (TPSA) is 53.5 Å². The summed E-state index contributed by atoms with van der Waals surface area (Å²) in [5.41, 5.74) is 0.736. The largest absolute Gasteiger partial charge is 0.379 e. The molecule has 0 radical (unpaired) electrons. The molecule has 0 amide bonds. The van der Waals surface area contributed by atoms with Crippen LogP contribution < -0.4 is 5.32 Å². The number of nitrogens with zero attached hydrogens (tertiary/aromatic N) is 4. The number of nitrogens with one attached hydrogen (secondary N) is 1. The van der Waals surface area contributed by atoms with E-state index in [9.17, 15) is 0 Å². The van der Waals surface area contributed by atoms with Gasteiger partial charge in [0.05, 0.1) is 18.2 Å². The molecule has 0 saturated carbocycles. The molecular formula is C19H26ClN5O. The van der Waals surface area contributed by atoms with Crippen molar-refractivity contribution in [3.8, 4) is 0 Å². The molecule has 1 atom stereocenters. The maximum atomic E-state index is 5.99. The van der Waals surface area contributed by atoms with Gasteiger partial charge in [-0.1, -0.05) is 11.6 Å². The van der Waals surface area contributed by atoms with Crippen LogP contribution in [0.3, 0.4) is 0 Å². The molecule has 0 bridgehead atoms. The number of halogens is 1. The van der Waals surface area contributed by atoms with Crippen LogP contribution in [0.15, 0.2) is 24.4 Å². The third-order valence-corrected chi connectivity index (χ3v) is 5.41. The summed E-state index contributed by atoms with van der Waals surface area (Å²) in [5, 5.41) is 5.21. The quantitative estimate of drug-likeness (QED) is 0.866. The maximum absolute atomic E-state index is 5.99. The number of pyridine rings is 2. The van der Waals surface area contributed by atoms with E-state index in [0.29, 0.717) is 11.1 Å². The second-order valence-electron chi connectivity index (χ2n) is 7.13. The number of hydrogen-bond acceptors (Lipinski definition) is 6. The highest BCUT2D eigenvalue weighted by Gasteiger charge is 2.21. The maximum Gasteiger partial charge on any atom is 0.161 e. The zero-order chi connectivity index (χ0) is 17.8. The first-order valence-corrected chi connectivity index (χ1v) is 9.85. The van der Waals surface area contributed by atoms with Gasteiger partial charge in [0.25, 0.3) is 0 Å². The smallest absolute Gasteiger partial charge is 0.161 e. The molecule has 140 valence electrons. The van der Waals surface area contributed by atoms with Crippen molar-refractivity contribution in [3.63, 3.8) is 0 Å². The fourth-order valence-electron chi connectivity index (χ4n) is 3.76. The molecule has 4 rings (SSSR count). The molecule has 2 aromatic heterocycles. The van der Waals surface area contributed by atoms with Crippen LogP contribution in [0.2, 0.25) is 5.02 Å². The summed E-state index contributed by atoms with van der Waals surface area (Å²) >= 11 is 5.99. The number of rotatable bonds is 5. The number of likely N-dealkylation sites (tertiary alicyclic amines) is 1. The molecule has 2 aliphatic heterocycles. The van der Waals surface area contributed by atoms with E-state index in [4.69, 9.17) is 16.3 Å². The normalized spacial score (nSPS) is 22.6. The summed E-state index contributed by atoms with van der Waals surface area (Å²) in [4.78, 5) is 14.0.